The number of carbonyl (C=O) groups is 1. The molecule has 2 saturated carbocycles. The number of fused-ring (bicyclic) bond motifs is 1. The van der Waals surface area contributed by atoms with E-state index in [1.165, 1.54) is 6.42 Å². The minimum atomic E-state index is -0.410. The van der Waals surface area contributed by atoms with E-state index in [0.29, 0.717) is 23.9 Å². The van der Waals surface area contributed by atoms with Gasteiger partial charge >= 0.3 is 6.09 Å². The average Bonchev–Trinajstić information content (AvgIpc) is 3.04. The third-order valence-electron chi connectivity index (χ3n) is 6.57. The smallest absolute Gasteiger partial charge is 0.411 e. The van der Waals surface area contributed by atoms with Crippen LogP contribution < -0.4 is 10.1 Å². The Balaban J connectivity index is 1.51. The van der Waals surface area contributed by atoms with Gasteiger partial charge in [-0.2, -0.15) is 5.26 Å². The van der Waals surface area contributed by atoms with Crippen LogP contribution in [0.4, 0.5) is 10.5 Å². The van der Waals surface area contributed by atoms with Gasteiger partial charge in [-0.1, -0.05) is 12.1 Å². The van der Waals surface area contributed by atoms with Gasteiger partial charge in [0.2, 0.25) is 0 Å². The van der Waals surface area contributed by atoms with Crippen molar-refractivity contribution in [2.45, 2.75) is 57.6 Å². The van der Waals surface area contributed by atoms with Crippen LogP contribution in [0.5, 0.6) is 5.75 Å². The second-order valence-electron chi connectivity index (χ2n) is 8.56. The first-order valence-corrected chi connectivity index (χ1v) is 11.5. The summed E-state index contributed by atoms with van der Waals surface area (Å²) in [6, 6.07) is 16.5. The number of ether oxygens (including phenoxy) is 2. The number of hydrogen-bond donors (Lipinski definition) is 1. The van der Waals surface area contributed by atoms with E-state index in [1.807, 2.05) is 49.4 Å². The largest absolute Gasteiger partial charge is 0.494 e. The molecule has 6 nitrogen and oxygen atoms in total. The Morgan fingerprint density at radius 3 is 2.47 bits per heavy atom. The molecule has 2 aromatic carbocycles. The monoisotopic (exact) mass is 429 g/mol. The maximum atomic E-state index is 12.1. The van der Waals surface area contributed by atoms with Gasteiger partial charge in [0.05, 0.1) is 23.4 Å². The molecule has 6 heteroatoms. The number of rotatable bonds is 6. The molecule has 0 spiro atoms. The molecule has 1 N–H and O–H groups in total. The number of nitrogens with zero attached hydrogens (tertiary/aromatic N) is 2. The summed E-state index contributed by atoms with van der Waals surface area (Å²) >= 11 is 0. The summed E-state index contributed by atoms with van der Waals surface area (Å²) in [5, 5.41) is 13.8. The van der Waals surface area contributed by atoms with E-state index >= 15 is 0 Å². The van der Waals surface area contributed by atoms with Gasteiger partial charge in [0.25, 0.3) is 0 Å². The molecule has 1 heterocycles. The fourth-order valence-electron chi connectivity index (χ4n) is 4.47. The number of amides is 1. The first kappa shape index (κ1) is 20.4. The SMILES string of the molecule is CCOc1ccc2c(C#N)c(-c3ccc(NC(=O)OC4CCC4)cc3)n(C3CCC3)c2c1. The topological polar surface area (TPSA) is 76.3 Å². The predicted molar refractivity (Wildman–Crippen MR) is 124 cm³/mol. The third kappa shape index (κ3) is 3.69. The van der Waals surface area contributed by atoms with Crippen molar-refractivity contribution < 1.29 is 14.3 Å². The Bertz CT molecular complexity index is 1180. The summed E-state index contributed by atoms with van der Waals surface area (Å²) in [5.41, 5.74) is 4.30. The van der Waals surface area contributed by atoms with Crippen LogP contribution in [0.1, 0.15) is 57.1 Å². The van der Waals surface area contributed by atoms with Crippen LogP contribution in [0.2, 0.25) is 0 Å². The Kier molecular flexibility index (Phi) is 5.48. The van der Waals surface area contributed by atoms with Crippen molar-refractivity contribution >= 4 is 22.7 Å². The second kappa shape index (κ2) is 8.58. The second-order valence-corrected chi connectivity index (χ2v) is 8.56. The Hall–Kier alpha value is -3.46. The normalized spacial score (nSPS) is 16.1. The summed E-state index contributed by atoms with van der Waals surface area (Å²) in [6.45, 7) is 2.57. The molecule has 5 rings (SSSR count). The van der Waals surface area contributed by atoms with Crippen molar-refractivity contribution in [3.05, 3.63) is 48.0 Å². The van der Waals surface area contributed by atoms with E-state index in [0.717, 1.165) is 60.0 Å². The lowest BCUT2D eigenvalue weighted by molar-refractivity contribution is 0.0624. The zero-order chi connectivity index (χ0) is 22.1. The van der Waals surface area contributed by atoms with Crippen LogP contribution in [-0.2, 0) is 4.74 Å². The predicted octanol–water partition coefficient (Wildman–Crippen LogP) is 6.40. The maximum Gasteiger partial charge on any atom is 0.411 e. The molecule has 2 aliphatic carbocycles. The lowest BCUT2D eigenvalue weighted by Crippen LogP contribution is -2.27. The van der Waals surface area contributed by atoms with Crippen LogP contribution in [0.25, 0.3) is 22.2 Å². The molecule has 0 bridgehead atoms. The van der Waals surface area contributed by atoms with E-state index in [4.69, 9.17) is 9.47 Å². The molecule has 1 aromatic heterocycles. The molecule has 0 atom stereocenters. The van der Waals surface area contributed by atoms with Gasteiger partial charge in [0.15, 0.2) is 0 Å². The Labute approximate surface area is 187 Å². The molecule has 2 aliphatic rings. The van der Waals surface area contributed by atoms with E-state index < -0.39 is 6.09 Å². The fraction of sp³-hybridized carbons (Fsp3) is 0.385. The minimum Gasteiger partial charge on any atom is -0.494 e. The van der Waals surface area contributed by atoms with E-state index in [2.05, 4.69) is 16.0 Å². The summed E-state index contributed by atoms with van der Waals surface area (Å²) in [7, 11) is 0. The highest BCUT2D eigenvalue weighted by Crippen LogP contribution is 2.43. The van der Waals surface area contributed by atoms with Crippen molar-refractivity contribution in [3.8, 4) is 23.1 Å². The van der Waals surface area contributed by atoms with E-state index in [1.54, 1.807) is 0 Å². The van der Waals surface area contributed by atoms with Crippen LogP contribution in [0, 0.1) is 11.3 Å². The molecule has 0 saturated heterocycles. The number of nitrogens with one attached hydrogen (secondary N) is 1. The number of hydrogen-bond acceptors (Lipinski definition) is 4. The fourth-order valence-corrected chi connectivity index (χ4v) is 4.47. The molecule has 1 amide bonds. The van der Waals surface area contributed by atoms with E-state index in [-0.39, 0.29) is 6.10 Å². The van der Waals surface area contributed by atoms with Crippen molar-refractivity contribution in [3.63, 3.8) is 0 Å². The van der Waals surface area contributed by atoms with Crippen LogP contribution in [-0.4, -0.2) is 23.4 Å². The number of anilines is 1. The van der Waals surface area contributed by atoms with Crippen LogP contribution in [0.15, 0.2) is 42.5 Å². The molecule has 0 radical (unpaired) electrons. The highest BCUT2D eigenvalue weighted by atomic mass is 16.6. The van der Waals surface area contributed by atoms with Crippen molar-refractivity contribution in [1.29, 1.82) is 5.26 Å². The summed E-state index contributed by atoms with van der Waals surface area (Å²) in [5.74, 6) is 0.818. The zero-order valence-electron chi connectivity index (χ0n) is 18.3. The maximum absolute atomic E-state index is 12.1. The number of benzene rings is 2. The van der Waals surface area contributed by atoms with Gasteiger partial charge in [0, 0.05) is 23.2 Å². The molecule has 2 fully saturated rings. The zero-order valence-corrected chi connectivity index (χ0v) is 18.3. The summed E-state index contributed by atoms with van der Waals surface area (Å²) in [4.78, 5) is 12.1. The highest BCUT2D eigenvalue weighted by molar-refractivity contribution is 5.96. The molecule has 164 valence electrons. The van der Waals surface area contributed by atoms with Gasteiger partial charge in [-0.3, -0.25) is 5.32 Å². The van der Waals surface area contributed by atoms with Crippen molar-refractivity contribution in [2.24, 2.45) is 0 Å². The van der Waals surface area contributed by atoms with E-state index in [9.17, 15) is 10.1 Å². The quantitative estimate of drug-likeness (QED) is 0.491. The Morgan fingerprint density at radius 1 is 1.12 bits per heavy atom. The van der Waals surface area contributed by atoms with Gasteiger partial charge in [-0.05, 0) is 75.3 Å². The number of nitriles is 1. The van der Waals surface area contributed by atoms with Crippen molar-refractivity contribution in [1.82, 2.24) is 4.57 Å². The number of aromatic nitrogens is 1. The summed E-state index contributed by atoms with van der Waals surface area (Å²) < 4.78 is 13.4. The van der Waals surface area contributed by atoms with Crippen LogP contribution in [0.3, 0.4) is 0 Å². The van der Waals surface area contributed by atoms with Crippen LogP contribution >= 0.6 is 0 Å². The molecule has 3 aromatic rings. The summed E-state index contributed by atoms with van der Waals surface area (Å²) in [6.07, 6.45) is 6.05. The highest BCUT2D eigenvalue weighted by Gasteiger charge is 2.28. The van der Waals surface area contributed by atoms with Crippen molar-refractivity contribution in [2.75, 3.05) is 11.9 Å². The Morgan fingerprint density at radius 2 is 1.88 bits per heavy atom. The van der Waals surface area contributed by atoms with Gasteiger partial charge < -0.3 is 14.0 Å². The first-order chi connectivity index (χ1) is 15.7. The van der Waals surface area contributed by atoms with Gasteiger partial charge in [-0.25, -0.2) is 4.79 Å². The molecular formula is C26H27N3O3. The number of carbonyl (C=O) groups excluding carboxylic acids is 1. The minimum absolute atomic E-state index is 0.0484. The van der Waals surface area contributed by atoms with Gasteiger partial charge in [0.1, 0.15) is 17.9 Å². The van der Waals surface area contributed by atoms with Gasteiger partial charge in [-0.15, -0.1) is 0 Å². The molecule has 0 unspecified atom stereocenters. The standard InChI is InChI=1S/C26H27N3O3/c1-2-31-21-13-14-22-23(16-27)25(29(24(22)15-21)19-5-3-6-19)17-9-11-18(12-10-17)28-26(30)32-20-7-4-8-20/h9-15,19-20H,2-8H2,1H3,(H,28,30). The molecular weight excluding hydrogens is 402 g/mol. The third-order valence-corrected chi connectivity index (χ3v) is 6.57. The lowest BCUT2D eigenvalue weighted by atomic mass is 9.92. The molecule has 0 aliphatic heterocycles. The first-order valence-electron chi connectivity index (χ1n) is 11.5. The lowest BCUT2D eigenvalue weighted by Gasteiger charge is -2.30. The average molecular weight is 430 g/mol. The molecule has 32 heavy (non-hydrogen) atoms.